The summed E-state index contributed by atoms with van der Waals surface area (Å²) >= 11 is 0. The lowest BCUT2D eigenvalue weighted by atomic mass is 10.1. The van der Waals surface area contributed by atoms with E-state index in [1.807, 2.05) is 0 Å². The largest absolute Gasteiger partial charge is 0.379 e. The maximum absolute atomic E-state index is 13.1. The summed E-state index contributed by atoms with van der Waals surface area (Å²) < 4.78 is 45.5. The van der Waals surface area contributed by atoms with Crippen LogP contribution in [0.1, 0.15) is 10.4 Å². The fourth-order valence-corrected chi connectivity index (χ4v) is 5.18. The lowest BCUT2D eigenvalue weighted by molar-refractivity contribution is 0.0729. The van der Waals surface area contributed by atoms with Crippen LogP contribution in [0.25, 0.3) is 0 Å². The number of amides is 1. The molecule has 2 aromatic rings. The summed E-state index contributed by atoms with van der Waals surface area (Å²) in [6.45, 7) is 3.64. The summed E-state index contributed by atoms with van der Waals surface area (Å²) in [7, 11) is -3.65. The number of hydrogen-bond acceptors (Lipinski definition) is 5. The van der Waals surface area contributed by atoms with Gasteiger partial charge < -0.3 is 14.5 Å². The maximum atomic E-state index is 13.1. The first-order valence-corrected chi connectivity index (χ1v) is 11.4. The van der Waals surface area contributed by atoms with Gasteiger partial charge in [-0.2, -0.15) is 4.31 Å². The molecule has 2 heterocycles. The lowest BCUT2D eigenvalue weighted by Crippen LogP contribution is -2.48. The van der Waals surface area contributed by atoms with E-state index in [-0.39, 0.29) is 16.6 Å². The highest BCUT2D eigenvalue weighted by Gasteiger charge is 2.28. The molecule has 2 aliphatic rings. The van der Waals surface area contributed by atoms with Crippen LogP contribution in [0, 0.1) is 5.82 Å². The van der Waals surface area contributed by atoms with E-state index in [1.165, 1.54) is 28.6 Å². The minimum absolute atomic E-state index is 0.125. The summed E-state index contributed by atoms with van der Waals surface area (Å²) in [6, 6.07) is 12.5. The van der Waals surface area contributed by atoms with Crippen LogP contribution in [-0.2, 0) is 14.8 Å². The van der Waals surface area contributed by atoms with Crippen molar-refractivity contribution in [1.29, 1.82) is 0 Å². The minimum atomic E-state index is -3.65. The Morgan fingerprint density at radius 1 is 0.900 bits per heavy atom. The van der Waals surface area contributed by atoms with E-state index in [4.69, 9.17) is 4.74 Å². The molecule has 0 radical (unpaired) electrons. The van der Waals surface area contributed by atoms with Gasteiger partial charge in [-0.05, 0) is 42.5 Å². The van der Waals surface area contributed by atoms with E-state index in [0.29, 0.717) is 58.0 Å². The Balaban J connectivity index is 1.44. The molecule has 0 spiro atoms. The smallest absolute Gasteiger partial charge is 0.254 e. The van der Waals surface area contributed by atoms with Crippen molar-refractivity contribution >= 4 is 21.6 Å². The molecule has 9 heteroatoms. The van der Waals surface area contributed by atoms with Crippen molar-refractivity contribution in [1.82, 2.24) is 9.21 Å². The summed E-state index contributed by atoms with van der Waals surface area (Å²) in [5.41, 5.74) is 1.28. The molecular weight excluding hydrogens is 409 g/mol. The van der Waals surface area contributed by atoms with E-state index in [1.54, 1.807) is 29.2 Å². The Labute approximate surface area is 175 Å². The number of carbonyl (C=O) groups excluding carboxylic acids is 1. The zero-order valence-corrected chi connectivity index (χ0v) is 17.4. The SMILES string of the molecule is O=C(c1cccc(S(=O)(=O)N2CCOCC2)c1)N1CCN(c2ccc(F)cc2)CC1. The molecule has 0 aromatic heterocycles. The molecule has 0 aliphatic carbocycles. The van der Waals surface area contributed by atoms with Gasteiger partial charge in [0.05, 0.1) is 18.1 Å². The molecule has 30 heavy (non-hydrogen) atoms. The first kappa shape index (κ1) is 20.8. The molecule has 7 nitrogen and oxygen atoms in total. The van der Waals surface area contributed by atoms with Crippen molar-refractivity contribution < 1.29 is 22.3 Å². The number of piperazine rings is 1. The molecule has 2 aromatic carbocycles. The van der Waals surface area contributed by atoms with Crippen molar-refractivity contribution in [2.45, 2.75) is 4.90 Å². The predicted molar refractivity (Wildman–Crippen MR) is 111 cm³/mol. The summed E-state index contributed by atoms with van der Waals surface area (Å²) in [5.74, 6) is -0.465. The van der Waals surface area contributed by atoms with Crippen molar-refractivity contribution in [3.05, 3.63) is 59.9 Å². The number of anilines is 1. The molecular formula is C21H24FN3O4S. The number of halogens is 1. The van der Waals surface area contributed by atoms with Crippen LogP contribution in [0.2, 0.25) is 0 Å². The highest BCUT2D eigenvalue weighted by molar-refractivity contribution is 7.89. The van der Waals surface area contributed by atoms with E-state index in [9.17, 15) is 17.6 Å². The maximum Gasteiger partial charge on any atom is 0.254 e. The van der Waals surface area contributed by atoms with Gasteiger partial charge in [-0.25, -0.2) is 12.8 Å². The standard InChI is InChI=1S/C21H24FN3O4S/c22-18-4-6-19(7-5-18)23-8-10-24(11-9-23)21(26)17-2-1-3-20(16-17)30(27,28)25-12-14-29-15-13-25/h1-7,16H,8-15H2. The molecule has 2 saturated heterocycles. The Hall–Kier alpha value is -2.49. The zero-order valence-electron chi connectivity index (χ0n) is 16.5. The normalized spacial score (nSPS) is 18.4. The Morgan fingerprint density at radius 3 is 2.23 bits per heavy atom. The van der Waals surface area contributed by atoms with Gasteiger partial charge in [-0.15, -0.1) is 0 Å². The number of hydrogen-bond donors (Lipinski definition) is 0. The van der Waals surface area contributed by atoms with E-state index in [2.05, 4.69) is 4.90 Å². The number of benzene rings is 2. The fourth-order valence-electron chi connectivity index (χ4n) is 3.73. The third-order valence-electron chi connectivity index (χ3n) is 5.45. The average molecular weight is 434 g/mol. The third kappa shape index (κ3) is 4.33. The lowest BCUT2D eigenvalue weighted by Gasteiger charge is -2.36. The second-order valence-corrected chi connectivity index (χ2v) is 9.24. The molecule has 2 aliphatic heterocycles. The Morgan fingerprint density at radius 2 is 1.57 bits per heavy atom. The van der Waals surface area contributed by atoms with Crippen LogP contribution in [-0.4, -0.2) is 76.0 Å². The third-order valence-corrected chi connectivity index (χ3v) is 7.34. The molecule has 4 rings (SSSR count). The van der Waals surface area contributed by atoms with Crippen LogP contribution < -0.4 is 4.90 Å². The molecule has 160 valence electrons. The fraction of sp³-hybridized carbons (Fsp3) is 0.381. The van der Waals surface area contributed by atoms with Gasteiger partial charge in [0.25, 0.3) is 5.91 Å². The van der Waals surface area contributed by atoms with Crippen molar-refractivity contribution in [3.63, 3.8) is 0 Å². The van der Waals surface area contributed by atoms with Gasteiger partial charge >= 0.3 is 0 Å². The molecule has 0 N–H and O–H groups in total. The van der Waals surface area contributed by atoms with Gasteiger partial charge in [0.15, 0.2) is 0 Å². The molecule has 0 saturated carbocycles. The number of ether oxygens (including phenoxy) is 1. The average Bonchev–Trinajstić information content (AvgIpc) is 2.80. The first-order valence-electron chi connectivity index (χ1n) is 9.93. The summed E-state index contributed by atoms with van der Waals surface area (Å²) in [6.07, 6.45) is 0. The second-order valence-electron chi connectivity index (χ2n) is 7.30. The topological polar surface area (TPSA) is 70.2 Å². The van der Waals surface area contributed by atoms with Crippen LogP contribution in [0.5, 0.6) is 0 Å². The molecule has 1 amide bonds. The van der Waals surface area contributed by atoms with Crippen LogP contribution >= 0.6 is 0 Å². The number of sulfonamides is 1. The number of morpholine rings is 1. The van der Waals surface area contributed by atoms with Gasteiger partial charge in [0.2, 0.25) is 10.0 Å². The summed E-state index contributed by atoms with van der Waals surface area (Å²) in [5, 5.41) is 0. The molecule has 0 unspecified atom stereocenters. The number of nitrogens with zero attached hydrogens (tertiary/aromatic N) is 3. The molecule has 0 bridgehead atoms. The minimum Gasteiger partial charge on any atom is -0.379 e. The van der Waals surface area contributed by atoms with Crippen LogP contribution in [0.15, 0.2) is 53.4 Å². The Bertz CT molecular complexity index is 999. The molecule has 2 fully saturated rings. The van der Waals surface area contributed by atoms with Crippen molar-refractivity contribution in [2.75, 3.05) is 57.4 Å². The van der Waals surface area contributed by atoms with Crippen molar-refractivity contribution in [2.24, 2.45) is 0 Å². The second kappa shape index (κ2) is 8.71. The van der Waals surface area contributed by atoms with Crippen molar-refractivity contribution in [3.8, 4) is 0 Å². The number of carbonyl (C=O) groups is 1. The molecule has 0 atom stereocenters. The highest BCUT2D eigenvalue weighted by atomic mass is 32.2. The van der Waals surface area contributed by atoms with Gasteiger partial charge in [0, 0.05) is 50.5 Å². The predicted octanol–water partition coefficient (Wildman–Crippen LogP) is 1.81. The van der Waals surface area contributed by atoms with Gasteiger partial charge in [-0.3, -0.25) is 4.79 Å². The Kier molecular flexibility index (Phi) is 6.03. The first-order chi connectivity index (χ1) is 14.4. The van der Waals surface area contributed by atoms with Gasteiger partial charge in [-0.1, -0.05) is 6.07 Å². The highest BCUT2D eigenvalue weighted by Crippen LogP contribution is 2.21. The summed E-state index contributed by atoms with van der Waals surface area (Å²) in [4.78, 5) is 16.9. The van der Waals surface area contributed by atoms with E-state index in [0.717, 1.165) is 5.69 Å². The van der Waals surface area contributed by atoms with Crippen LogP contribution in [0.3, 0.4) is 0 Å². The van der Waals surface area contributed by atoms with Crippen LogP contribution in [0.4, 0.5) is 10.1 Å². The van der Waals surface area contributed by atoms with E-state index < -0.39 is 10.0 Å². The monoisotopic (exact) mass is 433 g/mol. The van der Waals surface area contributed by atoms with E-state index >= 15 is 0 Å². The van der Waals surface area contributed by atoms with Gasteiger partial charge in [0.1, 0.15) is 5.82 Å². The quantitative estimate of drug-likeness (QED) is 0.736. The number of rotatable bonds is 4. The zero-order chi connectivity index (χ0) is 21.1.